The van der Waals surface area contributed by atoms with Crippen LogP contribution in [0.5, 0.6) is 0 Å². The molecule has 62 valence electrons. The van der Waals surface area contributed by atoms with Gasteiger partial charge in [-0.3, -0.25) is 4.99 Å². The van der Waals surface area contributed by atoms with Gasteiger partial charge in [0, 0.05) is 19.9 Å². The minimum atomic E-state index is 1.01. The van der Waals surface area contributed by atoms with E-state index in [1.807, 2.05) is 0 Å². The number of hydrogen-bond donors (Lipinski definition) is 0. The number of aliphatic imine (C=N–C) groups is 1. The molecule has 0 N–H and O–H groups in total. The lowest BCUT2D eigenvalue weighted by atomic mass is 10.2. The lowest BCUT2D eigenvalue weighted by Gasteiger charge is -2.06. The highest BCUT2D eigenvalue weighted by Crippen LogP contribution is 1.96. The zero-order valence-corrected chi connectivity index (χ0v) is 7.72. The zero-order valence-electron chi connectivity index (χ0n) is 7.72. The van der Waals surface area contributed by atoms with Crippen molar-refractivity contribution in [1.82, 2.24) is 0 Å². The van der Waals surface area contributed by atoms with Gasteiger partial charge in [-0.15, -0.1) is 0 Å². The average molecular weight is 153 g/mol. The third-order valence-electron chi connectivity index (χ3n) is 2.35. The van der Waals surface area contributed by atoms with E-state index < -0.39 is 0 Å². The Balaban J connectivity index is 2.83. The fraction of sp³-hybridized carbons (Fsp3) is 0.778. The van der Waals surface area contributed by atoms with E-state index in [-0.39, 0.29) is 0 Å². The van der Waals surface area contributed by atoms with Gasteiger partial charge in [0.1, 0.15) is 13.6 Å². The maximum atomic E-state index is 4.45. The Morgan fingerprint density at radius 1 is 1.27 bits per heavy atom. The third kappa shape index (κ3) is 2.14. The van der Waals surface area contributed by atoms with Crippen molar-refractivity contribution in [3.05, 3.63) is 0 Å². The fourth-order valence-electron chi connectivity index (χ4n) is 1.27. The van der Waals surface area contributed by atoms with Gasteiger partial charge in [-0.05, 0) is 13.3 Å². The number of rotatable bonds is 0. The van der Waals surface area contributed by atoms with E-state index in [0.717, 1.165) is 6.54 Å². The zero-order chi connectivity index (χ0) is 8.27. The summed E-state index contributed by atoms with van der Waals surface area (Å²) in [6.45, 7) is 6.43. The van der Waals surface area contributed by atoms with Crippen molar-refractivity contribution in [2.45, 2.75) is 26.7 Å². The normalized spacial score (nSPS) is 20.8. The minimum Gasteiger partial charge on any atom is -0.284 e. The highest BCUT2D eigenvalue weighted by atomic mass is 15.0. The highest BCUT2D eigenvalue weighted by Gasteiger charge is 2.09. The third-order valence-corrected chi connectivity index (χ3v) is 2.35. The fourth-order valence-corrected chi connectivity index (χ4v) is 1.27. The van der Waals surface area contributed by atoms with Gasteiger partial charge in [0.25, 0.3) is 0 Å². The van der Waals surface area contributed by atoms with E-state index in [0.29, 0.717) is 0 Å². The number of nitrogens with zero attached hydrogens (tertiary/aromatic N) is 2. The van der Waals surface area contributed by atoms with Crippen molar-refractivity contribution in [3.8, 4) is 0 Å². The molecule has 0 aromatic rings. The van der Waals surface area contributed by atoms with Crippen molar-refractivity contribution < 1.29 is 4.58 Å². The molecule has 0 saturated carbocycles. The second-order valence-electron chi connectivity index (χ2n) is 3.18. The molecule has 1 aliphatic rings. The van der Waals surface area contributed by atoms with Crippen LogP contribution in [0.25, 0.3) is 0 Å². The first kappa shape index (κ1) is 8.44. The van der Waals surface area contributed by atoms with Crippen LogP contribution in [0.15, 0.2) is 4.99 Å². The molecular weight excluding hydrogens is 136 g/mol. The van der Waals surface area contributed by atoms with Crippen molar-refractivity contribution in [2.24, 2.45) is 4.99 Å². The van der Waals surface area contributed by atoms with Crippen LogP contribution in [0, 0.1) is 0 Å². The molecule has 1 heterocycles. The van der Waals surface area contributed by atoms with Crippen LogP contribution < -0.4 is 0 Å². The summed E-state index contributed by atoms with van der Waals surface area (Å²) < 4.78 is 2.29. The van der Waals surface area contributed by atoms with Crippen LogP contribution in [0.4, 0.5) is 0 Å². The smallest absolute Gasteiger partial charge is 0.193 e. The summed E-state index contributed by atoms with van der Waals surface area (Å²) in [6.07, 6.45) is 2.50. The van der Waals surface area contributed by atoms with Gasteiger partial charge in [0.15, 0.2) is 5.71 Å². The summed E-state index contributed by atoms with van der Waals surface area (Å²) in [5.41, 5.74) is 2.52. The molecule has 1 aliphatic heterocycles. The summed E-state index contributed by atoms with van der Waals surface area (Å²) in [5.74, 6) is 0. The molecule has 11 heavy (non-hydrogen) atoms. The molecule has 1 rings (SSSR count). The molecule has 2 nitrogen and oxygen atoms in total. The second-order valence-corrected chi connectivity index (χ2v) is 3.18. The molecule has 0 spiro atoms. The summed E-state index contributed by atoms with van der Waals surface area (Å²) in [7, 11) is 2.14. The van der Waals surface area contributed by atoms with Gasteiger partial charge in [-0.1, -0.05) is 0 Å². The van der Waals surface area contributed by atoms with Crippen LogP contribution in [-0.2, 0) is 0 Å². The standard InChI is InChI=1S/C9H17N2/c1-8-9(2)11(3)7-5-4-6-10-8/h4-7H2,1-3H3/q+1. The largest absolute Gasteiger partial charge is 0.284 e. The topological polar surface area (TPSA) is 15.4 Å². The Morgan fingerprint density at radius 2 is 2.00 bits per heavy atom. The van der Waals surface area contributed by atoms with Crippen LogP contribution in [0.2, 0.25) is 0 Å². The quantitative estimate of drug-likeness (QED) is 0.467. The number of hydrogen-bond acceptors (Lipinski definition) is 1. The van der Waals surface area contributed by atoms with E-state index in [1.54, 1.807) is 0 Å². The Kier molecular flexibility index (Phi) is 2.80. The maximum Gasteiger partial charge on any atom is 0.193 e. The maximum absolute atomic E-state index is 4.45. The van der Waals surface area contributed by atoms with Gasteiger partial charge in [-0.25, -0.2) is 4.58 Å². The summed E-state index contributed by atoms with van der Waals surface area (Å²) in [4.78, 5) is 4.45. The first-order chi connectivity index (χ1) is 5.22. The summed E-state index contributed by atoms with van der Waals surface area (Å²) >= 11 is 0. The van der Waals surface area contributed by atoms with Crippen molar-refractivity contribution >= 4 is 11.4 Å². The van der Waals surface area contributed by atoms with Crippen molar-refractivity contribution in [3.63, 3.8) is 0 Å². The van der Waals surface area contributed by atoms with E-state index in [2.05, 4.69) is 30.5 Å². The molecule has 0 radical (unpaired) electrons. The van der Waals surface area contributed by atoms with Crippen LogP contribution in [0.1, 0.15) is 26.7 Å². The molecule has 2 heteroatoms. The molecule has 0 fully saturated rings. The Bertz CT molecular complexity index is 202. The van der Waals surface area contributed by atoms with Gasteiger partial charge in [-0.2, -0.15) is 0 Å². The minimum absolute atomic E-state index is 1.01. The van der Waals surface area contributed by atoms with E-state index in [1.165, 1.54) is 30.8 Å². The lowest BCUT2D eigenvalue weighted by Crippen LogP contribution is -2.24. The molecule has 0 saturated heterocycles. The molecule has 0 unspecified atom stereocenters. The van der Waals surface area contributed by atoms with Crippen molar-refractivity contribution in [1.29, 1.82) is 0 Å². The predicted octanol–water partition coefficient (Wildman–Crippen LogP) is 1.34. The molecule has 0 aromatic heterocycles. The first-order valence-corrected chi connectivity index (χ1v) is 4.28. The molecular formula is C9H17N2+. The van der Waals surface area contributed by atoms with E-state index >= 15 is 0 Å². The van der Waals surface area contributed by atoms with Gasteiger partial charge < -0.3 is 0 Å². The molecule has 0 aliphatic carbocycles. The Hall–Kier alpha value is -0.660. The molecule has 0 bridgehead atoms. The average Bonchev–Trinajstić information content (AvgIpc) is 2.00. The molecule has 0 atom stereocenters. The Labute approximate surface area is 68.7 Å². The highest BCUT2D eigenvalue weighted by molar-refractivity contribution is 6.38. The predicted molar refractivity (Wildman–Crippen MR) is 48.9 cm³/mol. The van der Waals surface area contributed by atoms with Crippen molar-refractivity contribution in [2.75, 3.05) is 20.1 Å². The van der Waals surface area contributed by atoms with Crippen LogP contribution >= 0.6 is 0 Å². The monoisotopic (exact) mass is 153 g/mol. The summed E-state index contributed by atoms with van der Waals surface area (Å²) in [6, 6.07) is 0. The second kappa shape index (κ2) is 3.65. The Morgan fingerprint density at radius 3 is 2.73 bits per heavy atom. The van der Waals surface area contributed by atoms with Crippen LogP contribution in [0.3, 0.4) is 0 Å². The SMILES string of the molecule is CC1=NCCCC[N+](C)=C1C. The van der Waals surface area contributed by atoms with Gasteiger partial charge in [0.05, 0.1) is 5.71 Å². The van der Waals surface area contributed by atoms with Gasteiger partial charge >= 0.3 is 0 Å². The lowest BCUT2D eigenvalue weighted by molar-refractivity contribution is -0.496. The van der Waals surface area contributed by atoms with E-state index in [9.17, 15) is 0 Å². The molecule has 0 amide bonds. The van der Waals surface area contributed by atoms with E-state index in [4.69, 9.17) is 0 Å². The van der Waals surface area contributed by atoms with Gasteiger partial charge in [0.2, 0.25) is 0 Å². The van der Waals surface area contributed by atoms with Crippen LogP contribution in [-0.4, -0.2) is 36.1 Å². The first-order valence-electron chi connectivity index (χ1n) is 4.28. The summed E-state index contributed by atoms with van der Waals surface area (Å²) in [5, 5.41) is 0. The molecule has 0 aromatic carbocycles.